The Morgan fingerprint density at radius 2 is 2.03 bits per heavy atom. The fourth-order valence-corrected chi connectivity index (χ4v) is 4.21. The monoisotopic (exact) mass is 574 g/mol. The van der Waals surface area contributed by atoms with E-state index in [4.69, 9.17) is 14.6 Å². The summed E-state index contributed by atoms with van der Waals surface area (Å²) in [5, 5.41) is 23.0. The lowest BCUT2D eigenvalue weighted by Gasteiger charge is -2.40. The first kappa shape index (κ1) is 27.6. The number of carbonyl (C=O) groups is 2. The molecule has 33 heavy (non-hydrogen) atoms. The first-order valence-corrected chi connectivity index (χ1v) is 12.5. The molecule has 3 N–H and O–H groups in total. The summed E-state index contributed by atoms with van der Waals surface area (Å²) in [4.78, 5) is 27.2. The normalized spacial score (nSPS) is 20.3. The second-order valence-corrected chi connectivity index (χ2v) is 9.32. The van der Waals surface area contributed by atoms with Crippen LogP contribution in [0.2, 0.25) is 0 Å². The maximum Gasteiger partial charge on any atom is 0.247 e. The molecule has 0 saturated carbocycles. The van der Waals surface area contributed by atoms with E-state index in [0.29, 0.717) is 30.9 Å². The van der Waals surface area contributed by atoms with Crippen molar-refractivity contribution in [2.24, 2.45) is 0 Å². The standard InChI is InChI=1S/C24H35IN2O6/c1-4-22(29)27(11-7-13-32-16(2)3)19-14-17(24(31)26-10-12-28)15-21(23(19)30)33-20-9-6-5-8-18(20)25/h5-6,8-9,15-16,19,21,23,28,30H,4,7,10-14H2,1-3H3,(H,26,31)/t19-,21+,23+/m1/s1. The molecule has 8 nitrogen and oxygen atoms in total. The molecule has 0 spiro atoms. The number of nitrogens with one attached hydrogen (secondary N) is 1. The molecule has 2 rings (SSSR count). The Hall–Kier alpha value is -1.69. The van der Waals surface area contributed by atoms with Gasteiger partial charge in [-0.1, -0.05) is 19.1 Å². The molecule has 2 amide bonds. The first-order valence-electron chi connectivity index (χ1n) is 11.4. The maximum absolute atomic E-state index is 12.8. The summed E-state index contributed by atoms with van der Waals surface area (Å²) >= 11 is 2.15. The van der Waals surface area contributed by atoms with Gasteiger partial charge in [-0.3, -0.25) is 9.59 Å². The largest absolute Gasteiger partial charge is 0.482 e. The van der Waals surface area contributed by atoms with Crippen LogP contribution in [-0.2, 0) is 14.3 Å². The minimum absolute atomic E-state index is 0.0940. The number of aliphatic hydroxyl groups excluding tert-OH is 2. The van der Waals surface area contributed by atoms with Crippen LogP contribution in [0.5, 0.6) is 5.75 Å². The van der Waals surface area contributed by atoms with E-state index in [9.17, 15) is 14.7 Å². The van der Waals surface area contributed by atoms with Crippen molar-refractivity contribution in [3.63, 3.8) is 0 Å². The molecule has 0 saturated heterocycles. The number of nitrogens with zero attached hydrogens (tertiary/aromatic N) is 1. The van der Waals surface area contributed by atoms with Gasteiger partial charge in [-0.2, -0.15) is 0 Å². The van der Waals surface area contributed by atoms with E-state index in [1.807, 2.05) is 32.0 Å². The van der Waals surface area contributed by atoms with E-state index in [0.717, 1.165) is 3.57 Å². The van der Waals surface area contributed by atoms with Crippen molar-refractivity contribution in [3.8, 4) is 5.75 Å². The minimum atomic E-state index is -1.02. The lowest BCUT2D eigenvalue weighted by molar-refractivity contribution is -0.138. The van der Waals surface area contributed by atoms with E-state index in [1.54, 1.807) is 24.0 Å². The molecule has 0 unspecified atom stereocenters. The maximum atomic E-state index is 12.8. The number of halogens is 1. The van der Waals surface area contributed by atoms with Gasteiger partial charge in [-0.15, -0.1) is 0 Å². The van der Waals surface area contributed by atoms with Gasteiger partial charge in [-0.25, -0.2) is 0 Å². The van der Waals surface area contributed by atoms with Gasteiger partial charge < -0.3 is 29.9 Å². The lowest BCUT2D eigenvalue weighted by Crippen LogP contribution is -2.55. The Morgan fingerprint density at radius 3 is 2.67 bits per heavy atom. The third-order valence-corrected chi connectivity index (χ3v) is 6.22. The molecule has 0 aliphatic heterocycles. The van der Waals surface area contributed by atoms with Crippen LogP contribution >= 0.6 is 22.6 Å². The van der Waals surface area contributed by atoms with Gasteiger partial charge in [0, 0.05) is 38.1 Å². The van der Waals surface area contributed by atoms with E-state index in [1.165, 1.54) is 0 Å². The second kappa shape index (κ2) is 13.9. The highest BCUT2D eigenvalue weighted by molar-refractivity contribution is 14.1. The van der Waals surface area contributed by atoms with E-state index >= 15 is 0 Å². The van der Waals surface area contributed by atoms with Gasteiger partial charge in [0.1, 0.15) is 18.0 Å². The molecule has 9 heteroatoms. The quantitative estimate of drug-likeness (QED) is 0.261. The topological polar surface area (TPSA) is 108 Å². The molecule has 0 radical (unpaired) electrons. The molecule has 3 atom stereocenters. The van der Waals surface area contributed by atoms with Crippen molar-refractivity contribution < 1.29 is 29.3 Å². The molecule has 1 aliphatic carbocycles. The summed E-state index contributed by atoms with van der Waals surface area (Å²) < 4.78 is 12.6. The number of rotatable bonds is 12. The van der Waals surface area contributed by atoms with Crippen LogP contribution in [0.25, 0.3) is 0 Å². The number of amides is 2. The number of hydrogen-bond donors (Lipinski definition) is 3. The molecule has 0 fully saturated rings. The van der Waals surface area contributed by atoms with Crippen LogP contribution in [-0.4, -0.2) is 77.6 Å². The molecule has 0 aromatic heterocycles. The van der Waals surface area contributed by atoms with Crippen LogP contribution in [0.1, 0.15) is 40.0 Å². The van der Waals surface area contributed by atoms with Crippen molar-refractivity contribution in [2.75, 3.05) is 26.3 Å². The summed E-state index contributed by atoms with van der Waals surface area (Å²) in [5.41, 5.74) is 0.419. The van der Waals surface area contributed by atoms with E-state index < -0.39 is 18.2 Å². The highest BCUT2D eigenvalue weighted by Crippen LogP contribution is 2.30. The molecular formula is C24H35IN2O6. The zero-order valence-electron chi connectivity index (χ0n) is 19.5. The van der Waals surface area contributed by atoms with Crippen molar-refractivity contribution in [1.82, 2.24) is 10.2 Å². The Kier molecular flexibility index (Phi) is 11.6. The van der Waals surface area contributed by atoms with Gasteiger partial charge in [0.25, 0.3) is 0 Å². The summed E-state index contributed by atoms with van der Waals surface area (Å²) in [6, 6.07) is 6.80. The van der Waals surface area contributed by atoms with Crippen molar-refractivity contribution in [2.45, 2.75) is 64.4 Å². The van der Waals surface area contributed by atoms with Crippen molar-refractivity contribution >= 4 is 34.4 Å². The van der Waals surface area contributed by atoms with Gasteiger partial charge in [0.2, 0.25) is 11.8 Å². The highest BCUT2D eigenvalue weighted by atomic mass is 127. The molecule has 1 aliphatic rings. The number of benzene rings is 1. The van der Waals surface area contributed by atoms with Crippen LogP contribution in [0.3, 0.4) is 0 Å². The van der Waals surface area contributed by atoms with Crippen LogP contribution in [0, 0.1) is 3.57 Å². The average molecular weight is 574 g/mol. The number of aliphatic hydroxyl groups is 2. The molecule has 0 heterocycles. The zero-order valence-corrected chi connectivity index (χ0v) is 21.7. The molecule has 184 valence electrons. The SMILES string of the molecule is CCC(=O)N(CCCOC(C)C)[C@@H]1CC(C(=O)NCCO)=C[C@H](Oc2ccccc2I)[C@H]1O. The fourth-order valence-electron chi connectivity index (χ4n) is 3.70. The van der Waals surface area contributed by atoms with Gasteiger partial charge in [0.15, 0.2) is 0 Å². The summed E-state index contributed by atoms with van der Waals surface area (Å²) in [6.45, 7) is 6.53. The Labute approximate surface area is 209 Å². The Morgan fingerprint density at radius 1 is 1.30 bits per heavy atom. The van der Waals surface area contributed by atoms with Crippen molar-refractivity contribution in [1.29, 1.82) is 0 Å². The fraction of sp³-hybridized carbons (Fsp3) is 0.583. The molecule has 1 aromatic carbocycles. The number of hydrogen-bond acceptors (Lipinski definition) is 6. The van der Waals surface area contributed by atoms with Crippen LogP contribution < -0.4 is 10.1 Å². The predicted molar refractivity (Wildman–Crippen MR) is 134 cm³/mol. The molecule has 0 bridgehead atoms. The second-order valence-electron chi connectivity index (χ2n) is 8.16. The van der Waals surface area contributed by atoms with Crippen LogP contribution in [0.15, 0.2) is 35.9 Å². The number of carbonyl (C=O) groups excluding carboxylic acids is 2. The lowest BCUT2D eigenvalue weighted by atomic mass is 9.88. The predicted octanol–water partition coefficient (Wildman–Crippen LogP) is 2.26. The van der Waals surface area contributed by atoms with E-state index in [2.05, 4.69) is 27.9 Å². The van der Waals surface area contributed by atoms with Gasteiger partial charge >= 0.3 is 0 Å². The number of para-hydroxylation sites is 1. The van der Waals surface area contributed by atoms with Crippen molar-refractivity contribution in [3.05, 3.63) is 39.5 Å². The summed E-state index contributed by atoms with van der Waals surface area (Å²) in [7, 11) is 0. The summed E-state index contributed by atoms with van der Waals surface area (Å²) in [6.07, 6.45) is 0.980. The minimum Gasteiger partial charge on any atom is -0.482 e. The van der Waals surface area contributed by atoms with Gasteiger partial charge in [0.05, 0.1) is 22.3 Å². The van der Waals surface area contributed by atoms with Gasteiger partial charge in [-0.05, 0) is 61.1 Å². The Bertz CT molecular complexity index is 816. The zero-order chi connectivity index (χ0) is 24.4. The molecule has 1 aromatic rings. The number of ether oxygens (including phenoxy) is 2. The Balaban J connectivity index is 2.30. The third-order valence-electron chi connectivity index (χ3n) is 5.33. The summed E-state index contributed by atoms with van der Waals surface area (Å²) in [5.74, 6) is 0.144. The third kappa shape index (κ3) is 8.24. The average Bonchev–Trinajstić information content (AvgIpc) is 2.79. The highest BCUT2D eigenvalue weighted by Gasteiger charge is 2.40. The van der Waals surface area contributed by atoms with E-state index in [-0.39, 0.29) is 43.9 Å². The van der Waals surface area contributed by atoms with Crippen LogP contribution in [0.4, 0.5) is 0 Å². The smallest absolute Gasteiger partial charge is 0.247 e. The molecular weight excluding hydrogens is 539 g/mol. The first-order chi connectivity index (χ1) is 15.8.